The standard InChI is InChI=1S/C20H23NO5S/c1-3-26-15-11-16(14-7-5-4-6-8-14)27-17(15)18(22)21-10-9-20(12-21,13-25-2)19(23)24/h4-8,11H,3,9-10,12-13H2,1-2H3,(H,23,24). The fourth-order valence-electron chi connectivity index (χ4n) is 3.35. The number of amides is 1. The molecule has 1 N–H and O–H groups in total. The number of hydrogen-bond acceptors (Lipinski definition) is 5. The summed E-state index contributed by atoms with van der Waals surface area (Å²) < 4.78 is 10.8. The molecule has 1 aliphatic heterocycles. The van der Waals surface area contributed by atoms with Gasteiger partial charge in [-0.1, -0.05) is 30.3 Å². The van der Waals surface area contributed by atoms with Crippen LogP contribution >= 0.6 is 11.3 Å². The van der Waals surface area contributed by atoms with Crippen LogP contribution in [0.3, 0.4) is 0 Å². The number of aliphatic carboxylic acids is 1. The summed E-state index contributed by atoms with van der Waals surface area (Å²) in [6.45, 7) is 2.94. The minimum absolute atomic E-state index is 0.0874. The molecule has 1 amide bonds. The fourth-order valence-corrected chi connectivity index (χ4v) is 4.43. The largest absolute Gasteiger partial charge is 0.492 e. The molecule has 3 rings (SSSR count). The molecule has 2 heterocycles. The Kier molecular flexibility index (Phi) is 5.82. The number of rotatable bonds is 7. The number of likely N-dealkylation sites (tertiary alicyclic amines) is 1. The highest BCUT2D eigenvalue weighted by Gasteiger charge is 2.47. The van der Waals surface area contributed by atoms with E-state index in [1.807, 2.05) is 43.3 Å². The summed E-state index contributed by atoms with van der Waals surface area (Å²) in [5, 5.41) is 9.62. The van der Waals surface area contributed by atoms with Crippen LogP contribution in [0, 0.1) is 5.41 Å². The van der Waals surface area contributed by atoms with E-state index >= 15 is 0 Å². The number of nitrogens with zero attached hydrogens (tertiary/aromatic N) is 1. The van der Waals surface area contributed by atoms with E-state index in [0.29, 0.717) is 30.2 Å². The summed E-state index contributed by atoms with van der Waals surface area (Å²) >= 11 is 1.37. The molecule has 1 fully saturated rings. The molecule has 7 heteroatoms. The zero-order valence-corrected chi connectivity index (χ0v) is 16.3. The number of carbonyl (C=O) groups excluding carboxylic acids is 1. The van der Waals surface area contributed by atoms with Gasteiger partial charge in [-0.2, -0.15) is 0 Å². The van der Waals surface area contributed by atoms with E-state index in [1.165, 1.54) is 18.4 Å². The summed E-state index contributed by atoms with van der Waals surface area (Å²) in [6, 6.07) is 11.7. The van der Waals surface area contributed by atoms with Gasteiger partial charge < -0.3 is 19.5 Å². The SMILES string of the molecule is CCOc1cc(-c2ccccc2)sc1C(=O)N1CCC(COC)(C(=O)O)C1. The van der Waals surface area contributed by atoms with Gasteiger partial charge in [0.2, 0.25) is 0 Å². The topological polar surface area (TPSA) is 76.1 Å². The van der Waals surface area contributed by atoms with Crippen LogP contribution in [0.1, 0.15) is 23.0 Å². The van der Waals surface area contributed by atoms with Crippen LogP contribution in [-0.2, 0) is 9.53 Å². The quantitative estimate of drug-likeness (QED) is 0.786. The maximum atomic E-state index is 13.1. The van der Waals surface area contributed by atoms with E-state index in [2.05, 4.69) is 0 Å². The van der Waals surface area contributed by atoms with Gasteiger partial charge in [-0.05, 0) is 25.0 Å². The van der Waals surface area contributed by atoms with E-state index < -0.39 is 11.4 Å². The van der Waals surface area contributed by atoms with Gasteiger partial charge in [-0.15, -0.1) is 11.3 Å². The monoisotopic (exact) mass is 389 g/mol. The molecule has 0 saturated carbocycles. The van der Waals surface area contributed by atoms with Crippen LogP contribution < -0.4 is 4.74 Å². The molecule has 6 nitrogen and oxygen atoms in total. The van der Waals surface area contributed by atoms with Crippen LogP contribution in [0.5, 0.6) is 5.75 Å². The minimum Gasteiger partial charge on any atom is -0.492 e. The maximum Gasteiger partial charge on any atom is 0.313 e. The molecule has 27 heavy (non-hydrogen) atoms. The zero-order valence-electron chi connectivity index (χ0n) is 15.4. The Hall–Kier alpha value is -2.38. The predicted octanol–water partition coefficient (Wildman–Crippen LogP) is 3.38. The first-order valence-electron chi connectivity index (χ1n) is 8.84. The number of thiophene rings is 1. The number of hydrogen-bond donors (Lipinski definition) is 1. The van der Waals surface area contributed by atoms with Gasteiger partial charge in [0.1, 0.15) is 16.0 Å². The number of benzene rings is 1. The average Bonchev–Trinajstić information content (AvgIpc) is 3.28. The van der Waals surface area contributed by atoms with Crippen molar-refractivity contribution < 1.29 is 24.2 Å². The van der Waals surface area contributed by atoms with Crippen molar-refractivity contribution in [3.63, 3.8) is 0 Å². The first kappa shape index (κ1) is 19.4. The van der Waals surface area contributed by atoms with Crippen molar-refractivity contribution in [1.82, 2.24) is 4.90 Å². The van der Waals surface area contributed by atoms with Crippen LogP contribution in [0.2, 0.25) is 0 Å². The minimum atomic E-state index is -1.05. The lowest BCUT2D eigenvalue weighted by Crippen LogP contribution is -2.40. The Morgan fingerprint density at radius 3 is 2.67 bits per heavy atom. The third-order valence-electron chi connectivity index (χ3n) is 4.77. The first-order chi connectivity index (χ1) is 13.0. The van der Waals surface area contributed by atoms with Crippen molar-refractivity contribution in [3.8, 4) is 16.2 Å². The molecule has 0 radical (unpaired) electrons. The maximum absolute atomic E-state index is 13.1. The van der Waals surface area contributed by atoms with Crippen molar-refractivity contribution in [3.05, 3.63) is 41.3 Å². The molecule has 1 aromatic carbocycles. The normalized spacial score (nSPS) is 19.3. The van der Waals surface area contributed by atoms with Gasteiger partial charge in [0.15, 0.2) is 0 Å². The molecule has 1 aliphatic rings. The molecule has 1 atom stereocenters. The van der Waals surface area contributed by atoms with Gasteiger partial charge >= 0.3 is 5.97 Å². The highest BCUT2D eigenvalue weighted by Crippen LogP contribution is 2.39. The number of carboxylic acid groups (broad SMARTS) is 1. The summed E-state index contributed by atoms with van der Waals surface area (Å²) in [6.07, 6.45) is 0.378. The van der Waals surface area contributed by atoms with Gasteiger partial charge in [0.05, 0.1) is 13.2 Å². The fraction of sp³-hybridized carbons (Fsp3) is 0.400. The third-order valence-corrected chi connectivity index (χ3v) is 5.92. The molecular weight excluding hydrogens is 366 g/mol. The summed E-state index contributed by atoms with van der Waals surface area (Å²) in [4.78, 5) is 27.9. The second kappa shape index (κ2) is 8.10. The van der Waals surface area contributed by atoms with E-state index in [-0.39, 0.29) is 19.1 Å². The van der Waals surface area contributed by atoms with Crippen molar-refractivity contribution in [2.45, 2.75) is 13.3 Å². The Labute approximate surface area is 162 Å². The Morgan fingerprint density at radius 2 is 2.04 bits per heavy atom. The lowest BCUT2D eigenvalue weighted by molar-refractivity contribution is -0.151. The Morgan fingerprint density at radius 1 is 1.30 bits per heavy atom. The Balaban J connectivity index is 1.88. The van der Waals surface area contributed by atoms with Gasteiger partial charge in [0.25, 0.3) is 5.91 Å². The van der Waals surface area contributed by atoms with Crippen molar-refractivity contribution in [2.24, 2.45) is 5.41 Å². The molecule has 0 bridgehead atoms. The number of carbonyl (C=O) groups is 2. The number of ether oxygens (including phenoxy) is 2. The predicted molar refractivity (Wildman–Crippen MR) is 103 cm³/mol. The van der Waals surface area contributed by atoms with Crippen LogP contribution in [0.25, 0.3) is 10.4 Å². The molecule has 0 aliphatic carbocycles. The van der Waals surface area contributed by atoms with Gasteiger partial charge in [-0.25, -0.2) is 0 Å². The highest BCUT2D eigenvalue weighted by atomic mass is 32.1. The van der Waals surface area contributed by atoms with E-state index in [9.17, 15) is 14.7 Å². The zero-order chi connectivity index (χ0) is 19.4. The lowest BCUT2D eigenvalue weighted by Gasteiger charge is -2.23. The average molecular weight is 389 g/mol. The van der Waals surface area contributed by atoms with E-state index in [0.717, 1.165) is 10.4 Å². The second-order valence-electron chi connectivity index (χ2n) is 6.60. The van der Waals surface area contributed by atoms with Crippen molar-refractivity contribution >= 4 is 23.2 Å². The lowest BCUT2D eigenvalue weighted by atomic mass is 9.88. The molecule has 0 spiro atoms. The molecule has 2 aromatic rings. The van der Waals surface area contributed by atoms with Crippen LogP contribution in [0.15, 0.2) is 36.4 Å². The van der Waals surface area contributed by atoms with Crippen molar-refractivity contribution in [2.75, 3.05) is 33.4 Å². The van der Waals surface area contributed by atoms with Crippen LogP contribution in [-0.4, -0.2) is 55.3 Å². The smallest absolute Gasteiger partial charge is 0.313 e. The Bertz CT molecular complexity index is 819. The second-order valence-corrected chi connectivity index (χ2v) is 7.65. The molecular formula is C20H23NO5S. The highest BCUT2D eigenvalue weighted by molar-refractivity contribution is 7.17. The number of carboxylic acids is 1. The molecule has 1 saturated heterocycles. The summed E-state index contributed by atoms with van der Waals surface area (Å²) in [5.41, 5.74) is -0.0291. The molecule has 144 valence electrons. The van der Waals surface area contributed by atoms with E-state index in [4.69, 9.17) is 9.47 Å². The van der Waals surface area contributed by atoms with Crippen molar-refractivity contribution in [1.29, 1.82) is 0 Å². The third kappa shape index (κ3) is 3.84. The first-order valence-corrected chi connectivity index (χ1v) is 9.66. The summed E-state index contributed by atoms with van der Waals surface area (Å²) in [7, 11) is 1.48. The van der Waals surface area contributed by atoms with E-state index in [1.54, 1.807) is 4.90 Å². The van der Waals surface area contributed by atoms with Gasteiger partial charge in [-0.3, -0.25) is 9.59 Å². The summed E-state index contributed by atoms with van der Waals surface area (Å²) in [5.74, 6) is -0.573. The molecule has 1 unspecified atom stereocenters. The van der Waals surface area contributed by atoms with Gasteiger partial charge in [0, 0.05) is 25.1 Å². The molecule has 1 aromatic heterocycles. The van der Waals surface area contributed by atoms with Crippen LogP contribution in [0.4, 0.5) is 0 Å². The number of methoxy groups -OCH3 is 1.